The molecule has 1 nitrogen and oxygen atoms in total. The Balaban J connectivity index is 0. The van der Waals surface area contributed by atoms with Gasteiger partial charge in [0.1, 0.15) is 0 Å². The van der Waals surface area contributed by atoms with Crippen LogP contribution in [-0.2, 0) is 6.42 Å². The van der Waals surface area contributed by atoms with Gasteiger partial charge in [0.25, 0.3) is 0 Å². The maximum Gasteiger partial charge on any atom is 0.0598 e. The van der Waals surface area contributed by atoms with Gasteiger partial charge in [-0.1, -0.05) is 72.6 Å². The van der Waals surface area contributed by atoms with E-state index in [4.69, 9.17) is 6.42 Å². The van der Waals surface area contributed by atoms with Crippen LogP contribution < -0.4 is 0 Å². The Bertz CT molecular complexity index is 412. The van der Waals surface area contributed by atoms with Gasteiger partial charge in [0.2, 0.25) is 0 Å². The summed E-state index contributed by atoms with van der Waals surface area (Å²) in [6.45, 7) is 19.7. The minimum atomic E-state index is 0.586. The van der Waals surface area contributed by atoms with Gasteiger partial charge in [-0.25, -0.2) is 0 Å². The molecular weight excluding hydrogens is 266 g/mol. The molecule has 0 unspecified atom stereocenters. The summed E-state index contributed by atoms with van der Waals surface area (Å²) in [5.74, 6) is 3.32. The Morgan fingerprint density at radius 1 is 1.14 bits per heavy atom. The minimum Gasteiger partial charge on any atom is -0.292 e. The molecule has 0 fully saturated rings. The largest absolute Gasteiger partial charge is 0.292 e. The molecule has 0 heterocycles. The molecule has 1 heteroatoms. The first-order chi connectivity index (χ1) is 10.6. The van der Waals surface area contributed by atoms with E-state index in [2.05, 4.69) is 56.7 Å². The van der Waals surface area contributed by atoms with Crippen molar-refractivity contribution in [3.05, 3.63) is 34.9 Å². The summed E-state index contributed by atoms with van der Waals surface area (Å²) in [6, 6.07) is 6.62. The summed E-state index contributed by atoms with van der Waals surface area (Å²) >= 11 is 0. The Kier molecular flexibility index (Phi) is 15.3. The van der Waals surface area contributed by atoms with Gasteiger partial charge in [-0.15, -0.1) is 6.42 Å². The van der Waals surface area contributed by atoms with Crippen molar-refractivity contribution in [2.24, 2.45) is 0 Å². The van der Waals surface area contributed by atoms with Gasteiger partial charge in [-0.05, 0) is 42.5 Å². The number of benzene rings is 1. The predicted octanol–water partition coefficient (Wildman–Crippen LogP) is 5.67. The molecule has 1 aromatic rings. The zero-order chi connectivity index (χ0) is 17.5. The monoisotopic (exact) mass is 303 g/mol. The lowest BCUT2D eigenvalue weighted by Crippen LogP contribution is -2.26. The Morgan fingerprint density at radius 2 is 1.73 bits per heavy atom. The molecule has 0 aromatic heterocycles. The highest BCUT2D eigenvalue weighted by Crippen LogP contribution is 2.23. The molecule has 0 saturated carbocycles. The summed E-state index contributed by atoms with van der Waals surface area (Å²) in [7, 11) is 0. The van der Waals surface area contributed by atoms with Crippen LogP contribution in [0.15, 0.2) is 18.2 Å². The predicted molar refractivity (Wildman–Crippen MR) is 103 cm³/mol. The third kappa shape index (κ3) is 8.25. The number of nitrogens with zero attached hydrogens (tertiary/aromatic N) is 1. The molecule has 0 spiro atoms. The summed E-state index contributed by atoms with van der Waals surface area (Å²) in [5, 5.41) is 0. The van der Waals surface area contributed by atoms with Crippen molar-refractivity contribution < 1.29 is 0 Å². The van der Waals surface area contributed by atoms with E-state index in [0.717, 1.165) is 26.1 Å². The zero-order valence-corrected chi connectivity index (χ0v) is 16.2. The van der Waals surface area contributed by atoms with Crippen molar-refractivity contribution in [3.63, 3.8) is 0 Å². The molecule has 1 rings (SSSR count). The van der Waals surface area contributed by atoms with Gasteiger partial charge < -0.3 is 0 Å². The van der Waals surface area contributed by atoms with E-state index in [0.29, 0.717) is 5.92 Å². The standard InChI is InChI=1S/C17H25N.2C2H6/c1-6-12-18(7-2)13-11-17-15(5)9-8-10-16(17)14(3)4;2*1-2/h1,8-10,14H,7,11-13H2,2-5H3;2*1-2H3. The van der Waals surface area contributed by atoms with Crippen LogP contribution >= 0.6 is 0 Å². The quantitative estimate of drug-likeness (QED) is 0.612. The van der Waals surface area contributed by atoms with Gasteiger partial charge in [0.05, 0.1) is 6.54 Å². The third-order valence-corrected chi connectivity index (χ3v) is 3.51. The van der Waals surface area contributed by atoms with E-state index in [-0.39, 0.29) is 0 Å². The maximum absolute atomic E-state index is 5.39. The minimum absolute atomic E-state index is 0.586. The van der Waals surface area contributed by atoms with Gasteiger partial charge >= 0.3 is 0 Å². The van der Waals surface area contributed by atoms with E-state index in [1.165, 1.54) is 16.7 Å². The topological polar surface area (TPSA) is 3.24 Å². The van der Waals surface area contributed by atoms with Crippen LogP contribution in [0.4, 0.5) is 0 Å². The Morgan fingerprint density at radius 3 is 2.18 bits per heavy atom. The second-order valence-corrected chi connectivity index (χ2v) is 5.12. The average Bonchev–Trinajstić information content (AvgIpc) is 2.55. The van der Waals surface area contributed by atoms with Crippen LogP contribution in [0.25, 0.3) is 0 Å². The molecule has 1 aromatic carbocycles. The fourth-order valence-corrected chi connectivity index (χ4v) is 2.36. The summed E-state index contributed by atoms with van der Waals surface area (Å²) in [5.41, 5.74) is 4.38. The van der Waals surface area contributed by atoms with E-state index in [9.17, 15) is 0 Å². The van der Waals surface area contributed by atoms with Gasteiger partial charge in [-0.3, -0.25) is 4.90 Å². The van der Waals surface area contributed by atoms with Gasteiger partial charge in [-0.2, -0.15) is 0 Å². The Labute approximate surface area is 140 Å². The molecule has 0 radical (unpaired) electrons. The van der Waals surface area contributed by atoms with Crippen LogP contribution in [-0.4, -0.2) is 24.5 Å². The second-order valence-electron chi connectivity index (χ2n) is 5.12. The van der Waals surface area contributed by atoms with E-state index in [1.807, 2.05) is 27.7 Å². The molecule has 0 aliphatic carbocycles. The molecule has 0 saturated heterocycles. The van der Waals surface area contributed by atoms with E-state index >= 15 is 0 Å². The number of hydrogen-bond acceptors (Lipinski definition) is 1. The molecule has 0 atom stereocenters. The highest BCUT2D eigenvalue weighted by Gasteiger charge is 2.10. The first kappa shape index (κ1) is 23.0. The lowest BCUT2D eigenvalue weighted by molar-refractivity contribution is 0.327. The summed E-state index contributed by atoms with van der Waals surface area (Å²) < 4.78 is 0. The van der Waals surface area contributed by atoms with Crippen LogP contribution in [0.5, 0.6) is 0 Å². The average molecular weight is 304 g/mol. The number of likely N-dealkylation sites (N-methyl/N-ethyl adjacent to an activating group) is 1. The maximum atomic E-state index is 5.39. The fourth-order valence-electron chi connectivity index (χ4n) is 2.36. The first-order valence-corrected chi connectivity index (χ1v) is 8.84. The lowest BCUT2D eigenvalue weighted by atomic mass is 9.92. The molecular formula is C21H37N. The molecule has 0 N–H and O–H groups in total. The van der Waals surface area contributed by atoms with Crippen LogP contribution in [0.2, 0.25) is 0 Å². The van der Waals surface area contributed by atoms with Crippen LogP contribution in [0.3, 0.4) is 0 Å². The molecule has 0 bridgehead atoms. The highest BCUT2D eigenvalue weighted by atomic mass is 15.1. The molecule has 0 amide bonds. The van der Waals surface area contributed by atoms with Crippen molar-refractivity contribution in [1.29, 1.82) is 0 Å². The summed E-state index contributed by atoms with van der Waals surface area (Å²) in [4.78, 5) is 2.32. The van der Waals surface area contributed by atoms with Crippen molar-refractivity contribution in [2.45, 2.75) is 67.7 Å². The van der Waals surface area contributed by atoms with E-state index < -0.39 is 0 Å². The lowest BCUT2D eigenvalue weighted by Gasteiger charge is -2.20. The van der Waals surface area contributed by atoms with Crippen LogP contribution in [0, 0.1) is 19.3 Å². The molecule has 0 aliphatic rings. The van der Waals surface area contributed by atoms with Crippen molar-refractivity contribution in [3.8, 4) is 12.3 Å². The van der Waals surface area contributed by atoms with Gasteiger partial charge in [0.15, 0.2) is 0 Å². The van der Waals surface area contributed by atoms with Gasteiger partial charge in [0, 0.05) is 6.54 Å². The van der Waals surface area contributed by atoms with E-state index in [1.54, 1.807) is 0 Å². The molecule has 126 valence electrons. The second kappa shape index (κ2) is 14.7. The summed E-state index contributed by atoms with van der Waals surface area (Å²) in [6.07, 6.45) is 6.48. The third-order valence-electron chi connectivity index (χ3n) is 3.51. The first-order valence-electron chi connectivity index (χ1n) is 8.84. The molecule has 0 aliphatic heterocycles. The van der Waals surface area contributed by atoms with Crippen molar-refractivity contribution >= 4 is 0 Å². The fraction of sp³-hybridized carbons (Fsp3) is 0.619. The van der Waals surface area contributed by atoms with Crippen molar-refractivity contribution in [1.82, 2.24) is 4.90 Å². The SMILES string of the molecule is C#CCN(CC)CCc1c(C)cccc1C(C)C.CC.CC. The van der Waals surface area contributed by atoms with Crippen LogP contribution in [0.1, 0.15) is 71.1 Å². The highest BCUT2D eigenvalue weighted by molar-refractivity contribution is 5.36. The molecule has 22 heavy (non-hydrogen) atoms. The van der Waals surface area contributed by atoms with Crippen molar-refractivity contribution in [2.75, 3.05) is 19.6 Å². The number of aryl methyl sites for hydroxylation is 1. The Hall–Kier alpha value is -1.26. The normalized spacial score (nSPS) is 9.50. The number of terminal acetylenes is 1. The number of hydrogen-bond donors (Lipinski definition) is 0. The zero-order valence-electron chi connectivity index (χ0n) is 16.2. The number of rotatable bonds is 6. The smallest absolute Gasteiger partial charge is 0.0598 e.